The molecule has 1 saturated heterocycles. The molecule has 0 bridgehead atoms. The lowest BCUT2D eigenvalue weighted by Crippen LogP contribution is -2.37. The molecule has 2 aromatic rings. The number of hydrogen-bond acceptors (Lipinski definition) is 4. The van der Waals surface area contributed by atoms with Crippen LogP contribution in [0.5, 0.6) is 0 Å². The second-order valence-electron chi connectivity index (χ2n) is 6.78. The van der Waals surface area contributed by atoms with Crippen LogP contribution in [0.15, 0.2) is 24.4 Å². The predicted octanol–water partition coefficient (Wildman–Crippen LogP) is 2.71. The number of likely N-dealkylation sites (tertiary alicyclic amines) is 1. The molecule has 24 heavy (non-hydrogen) atoms. The van der Waals surface area contributed by atoms with Crippen molar-refractivity contribution in [2.75, 3.05) is 26.2 Å². The molecule has 1 N–H and O–H groups in total. The van der Waals surface area contributed by atoms with E-state index in [1.165, 1.54) is 43.7 Å². The molecule has 0 radical (unpaired) electrons. The maximum atomic E-state index is 4.72. The summed E-state index contributed by atoms with van der Waals surface area (Å²) in [7, 11) is 0. The number of aromatic nitrogens is 3. The minimum Gasteiger partial charge on any atom is -0.317 e. The van der Waals surface area contributed by atoms with Gasteiger partial charge in [0, 0.05) is 24.0 Å². The van der Waals surface area contributed by atoms with Crippen LogP contribution in [0.4, 0.5) is 0 Å². The highest BCUT2D eigenvalue weighted by molar-refractivity contribution is 5.32. The van der Waals surface area contributed by atoms with Gasteiger partial charge in [-0.25, -0.2) is 9.67 Å². The zero-order chi connectivity index (χ0) is 16.9. The fourth-order valence-corrected chi connectivity index (χ4v) is 3.53. The van der Waals surface area contributed by atoms with Gasteiger partial charge in [-0.3, -0.25) is 4.90 Å². The van der Waals surface area contributed by atoms with Crippen molar-refractivity contribution in [3.63, 3.8) is 0 Å². The van der Waals surface area contributed by atoms with Crippen LogP contribution in [0, 0.1) is 19.8 Å². The van der Waals surface area contributed by atoms with Gasteiger partial charge in [-0.2, -0.15) is 5.10 Å². The topological polar surface area (TPSA) is 46.0 Å². The molecule has 3 rings (SSSR count). The molecule has 5 nitrogen and oxygen atoms in total. The van der Waals surface area contributed by atoms with E-state index in [0.29, 0.717) is 0 Å². The fourth-order valence-electron chi connectivity index (χ4n) is 3.53. The quantitative estimate of drug-likeness (QED) is 0.886. The van der Waals surface area contributed by atoms with E-state index < -0.39 is 0 Å². The molecule has 0 spiro atoms. The van der Waals surface area contributed by atoms with Gasteiger partial charge in [-0.05, 0) is 70.9 Å². The van der Waals surface area contributed by atoms with Crippen LogP contribution in [-0.2, 0) is 6.54 Å². The zero-order valence-electron chi connectivity index (χ0n) is 15.1. The molecular weight excluding hydrogens is 298 g/mol. The Hall–Kier alpha value is -1.72. The molecule has 0 atom stereocenters. The number of hydrogen-bond donors (Lipinski definition) is 1. The summed E-state index contributed by atoms with van der Waals surface area (Å²) in [5, 5.41) is 8.20. The summed E-state index contributed by atoms with van der Waals surface area (Å²) >= 11 is 0. The Kier molecular flexibility index (Phi) is 5.63. The summed E-state index contributed by atoms with van der Waals surface area (Å²) in [6.45, 7) is 12.1. The lowest BCUT2D eigenvalue weighted by molar-refractivity contribution is 0.175. The van der Waals surface area contributed by atoms with Gasteiger partial charge in [0.1, 0.15) is 0 Å². The van der Waals surface area contributed by atoms with Crippen molar-refractivity contribution in [1.82, 2.24) is 25.0 Å². The van der Waals surface area contributed by atoms with E-state index in [1.54, 1.807) is 0 Å². The van der Waals surface area contributed by atoms with Crippen LogP contribution in [-0.4, -0.2) is 45.8 Å². The molecule has 1 aliphatic rings. The molecule has 0 aliphatic carbocycles. The second-order valence-corrected chi connectivity index (χ2v) is 6.78. The van der Waals surface area contributed by atoms with Crippen molar-refractivity contribution in [2.45, 2.75) is 40.2 Å². The van der Waals surface area contributed by atoms with Gasteiger partial charge in [0.15, 0.2) is 5.82 Å². The Morgan fingerprint density at radius 3 is 2.67 bits per heavy atom. The van der Waals surface area contributed by atoms with Crippen molar-refractivity contribution >= 4 is 0 Å². The minimum atomic E-state index is 0.833. The molecule has 0 amide bonds. The largest absolute Gasteiger partial charge is 0.317 e. The van der Waals surface area contributed by atoms with E-state index in [2.05, 4.69) is 36.0 Å². The average Bonchev–Trinajstić information content (AvgIpc) is 2.90. The summed E-state index contributed by atoms with van der Waals surface area (Å²) in [5.74, 6) is 1.73. The van der Waals surface area contributed by atoms with Crippen molar-refractivity contribution < 1.29 is 0 Å². The first-order valence-corrected chi connectivity index (χ1v) is 9.08. The van der Waals surface area contributed by atoms with Crippen LogP contribution in [0.25, 0.3) is 5.82 Å². The Labute approximate surface area is 145 Å². The summed E-state index contributed by atoms with van der Waals surface area (Å²) in [4.78, 5) is 7.00. The smallest absolute Gasteiger partial charge is 0.153 e. The number of pyridine rings is 1. The highest BCUT2D eigenvalue weighted by atomic mass is 15.3. The Balaban J connectivity index is 1.65. The van der Waals surface area contributed by atoms with Crippen LogP contribution in [0.2, 0.25) is 0 Å². The molecular formula is C19H29N5. The Bertz CT molecular complexity index is 641. The van der Waals surface area contributed by atoms with Crippen LogP contribution in [0.3, 0.4) is 0 Å². The number of aryl methyl sites for hydroxylation is 1. The third kappa shape index (κ3) is 3.84. The minimum absolute atomic E-state index is 0.833. The zero-order valence-corrected chi connectivity index (χ0v) is 15.1. The first kappa shape index (κ1) is 17.1. The normalized spacial score (nSPS) is 16.6. The van der Waals surface area contributed by atoms with Gasteiger partial charge in [0.05, 0.1) is 5.69 Å². The van der Waals surface area contributed by atoms with E-state index in [4.69, 9.17) is 5.10 Å². The van der Waals surface area contributed by atoms with Crippen molar-refractivity contribution in [2.24, 2.45) is 5.92 Å². The van der Waals surface area contributed by atoms with Gasteiger partial charge >= 0.3 is 0 Å². The number of piperidine rings is 1. The molecule has 0 unspecified atom stereocenters. The third-order valence-electron chi connectivity index (χ3n) is 5.08. The van der Waals surface area contributed by atoms with E-state index >= 15 is 0 Å². The van der Waals surface area contributed by atoms with Crippen molar-refractivity contribution in [3.05, 3.63) is 41.3 Å². The molecule has 2 aromatic heterocycles. The van der Waals surface area contributed by atoms with Gasteiger partial charge in [0.25, 0.3) is 0 Å². The number of nitrogens with zero attached hydrogens (tertiary/aromatic N) is 4. The van der Waals surface area contributed by atoms with E-state index in [9.17, 15) is 0 Å². The summed E-state index contributed by atoms with van der Waals surface area (Å²) < 4.78 is 1.97. The Morgan fingerprint density at radius 2 is 2.00 bits per heavy atom. The van der Waals surface area contributed by atoms with Gasteiger partial charge in [0.2, 0.25) is 0 Å². The van der Waals surface area contributed by atoms with Crippen LogP contribution < -0.4 is 5.32 Å². The summed E-state index contributed by atoms with van der Waals surface area (Å²) in [6, 6.07) is 5.96. The monoisotopic (exact) mass is 327 g/mol. The van der Waals surface area contributed by atoms with Crippen LogP contribution >= 0.6 is 0 Å². The van der Waals surface area contributed by atoms with Gasteiger partial charge in [-0.1, -0.05) is 13.0 Å². The van der Waals surface area contributed by atoms with E-state index in [1.807, 2.05) is 29.1 Å². The molecule has 5 heteroatoms. The average molecular weight is 327 g/mol. The second kappa shape index (κ2) is 7.90. The lowest BCUT2D eigenvalue weighted by Gasteiger charge is -2.32. The summed E-state index contributed by atoms with van der Waals surface area (Å²) in [6.07, 6.45) is 4.40. The van der Waals surface area contributed by atoms with E-state index in [0.717, 1.165) is 30.5 Å². The predicted molar refractivity (Wildman–Crippen MR) is 97.4 cm³/mol. The number of rotatable bonds is 6. The SMILES string of the molecule is CCNCC1CCN(Cc2c(C)nn(-c3ccccn3)c2C)CC1. The maximum absolute atomic E-state index is 4.72. The molecule has 130 valence electrons. The highest BCUT2D eigenvalue weighted by Crippen LogP contribution is 2.22. The first-order valence-electron chi connectivity index (χ1n) is 9.08. The maximum Gasteiger partial charge on any atom is 0.153 e. The number of nitrogens with one attached hydrogen (secondary N) is 1. The van der Waals surface area contributed by atoms with Crippen molar-refractivity contribution in [1.29, 1.82) is 0 Å². The molecule has 1 fully saturated rings. The Morgan fingerprint density at radius 1 is 1.21 bits per heavy atom. The first-order chi connectivity index (χ1) is 11.7. The third-order valence-corrected chi connectivity index (χ3v) is 5.08. The van der Waals surface area contributed by atoms with Gasteiger partial charge < -0.3 is 5.32 Å². The van der Waals surface area contributed by atoms with Gasteiger partial charge in [-0.15, -0.1) is 0 Å². The van der Waals surface area contributed by atoms with E-state index in [-0.39, 0.29) is 0 Å². The molecule has 0 aromatic carbocycles. The molecule has 0 saturated carbocycles. The lowest BCUT2D eigenvalue weighted by atomic mass is 9.96. The standard InChI is InChI=1S/C19H29N5/c1-4-20-13-17-8-11-23(12-9-17)14-18-15(2)22-24(16(18)3)19-7-5-6-10-21-19/h5-7,10,17,20H,4,8-9,11-14H2,1-3H3. The highest BCUT2D eigenvalue weighted by Gasteiger charge is 2.21. The van der Waals surface area contributed by atoms with Crippen molar-refractivity contribution in [3.8, 4) is 5.82 Å². The van der Waals surface area contributed by atoms with Crippen LogP contribution in [0.1, 0.15) is 36.7 Å². The molecule has 1 aliphatic heterocycles. The molecule has 3 heterocycles. The summed E-state index contributed by atoms with van der Waals surface area (Å²) in [5.41, 5.74) is 3.68. The fraction of sp³-hybridized carbons (Fsp3) is 0.579.